The van der Waals surface area contributed by atoms with Crippen LogP contribution in [-0.2, 0) is 11.2 Å². The Bertz CT molecular complexity index is 372. The van der Waals surface area contributed by atoms with Crippen LogP contribution in [0, 0.1) is 5.92 Å². The largest absolute Gasteiger partial charge is 0.369 e. The lowest BCUT2D eigenvalue weighted by Gasteiger charge is -2.30. The SMILES string of the molecule is NC(=O)C1CCN(CCCc2cccnc2)CC1. The summed E-state index contributed by atoms with van der Waals surface area (Å²) in [6.45, 7) is 3.10. The van der Waals surface area contributed by atoms with Gasteiger partial charge in [0.25, 0.3) is 0 Å². The maximum atomic E-state index is 11.1. The summed E-state index contributed by atoms with van der Waals surface area (Å²) in [6.07, 6.45) is 7.79. The maximum absolute atomic E-state index is 11.1. The van der Waals surface area contributed by atoms with E-state index in [1.54, 1.807) is 6.20 Å². The summed E-state index contributed by atoms with van der Waals surface area (Å²) in [7, 11) is 0. The second-order valence-electron chi connectivity index (χ2n) is 4.98. The Morgan fingerprint density at radius 2 is 2.22 bits per heavy atom. The summed E-state index contributed by atoms with van der Waals surface area (Å²) in [5.41, 5.74) is 6.62. The van der Waals surface area contributed by atoms with E-state index in [2.05, 4.69) is 16.0 Å². The van der Waals surface area contributed by atoms with Crippen molar-refractivity contribution in [3.63, 3.8) is 0 Å². The summed E-state index contributed by atoms with van der Waals surface area (Å²) in [5.74, 6) is -0.0374. The number of primary amides is 1. The molecule has 2 rings (SSSR count). The van der Waals surface area contributed by atoms with Gasteiger partial charge < -0.3 is 10.6 Å². The predicted molar refractivity (Wildman–Crippen MR) is 70.9 cm³/mol. The lowest BCUT2D eigenvalue weighted by atomic mass is 9.96. The highest BCUT2D eigenvalue weighted by Gasteiger charge is 2.22. The Balaban J connectivity index is 1.65. The standard InChI is InChI=1S/C14H21N3O/c15-14(18)13-5-9-17(10-6-13)8-2-4-12-3-1-7-16-11-12/h1,3,7,11,13H,2,4-6,8-10H2,(H2,15,18). The molecule has 1 fully saturated rings. The van der Waals surface area contributed by atoms with E-state index in [1.807, 2.05) is 12.3 Å². The van der Waals surface area contributed by atoms with Crippen molar-refractivity contribution < 1.29 is 4.79 Å². The number of rotatable bonds is 5. The third-order valence-electron chi connectivity index (χ3n) is 3.65. The molecule has 18 heavy (non-hydrogen) atoms. The Kier molecular flexibility index (Phi) is 4.70. The normalized spacial score (nSPS) is 17.8. The third-order valence-corrected chi connectivity index (χ3v) is 3.65. The highest BCUT2D eigenvalue weighted by molar-refractivity contribution is 5.76. The molecule has 1 amide bonds. The topological polar surface area (TPSA) is 59.2 Å². The van der Waals surface area contributed by atoms with Crippen LogP contribution in [0.3, 0.4) is 0 Å². The Morgan fingerprint density at radius 3 is 2.83 bits per heavy atom. The fraction of sp³-hybridized carbons (Fsp3) is 0.571. The van der Waals surface area contributed by atoms with Gasteiger partial charge in [0, 0.05) is 18.3 Å². The third kappa shape index (κ3) is 3.81. The lowest BCUT2D eigenvalue weighted by molar-refractivity contribution is -0.123. The maximum Gasteiger partial charge on any atom is 0.220 e. The summed E-state index contributed by atoms with van der Waals surface area (Å²) in [5, 5.41) is 0. The number of hydrogen-bond donors (Lipinski definition) is 1. The molecule has 1 aliphatic heterocycles. The van der Waals surface area contributed by atoms with E-state index >= 15 is 0 Å². The van der Waals surface area contributed by atoms with Crippen LogP contribution >= 0.6 is 0 Å². The number of aromatic nitrogens is 1. The van der Waals surface area contributed by atoms with Gasteiger partial charge >= 0.3 is 0 Å². The summed E-state index contributed by atoms with van der Waals surface area (Å²) < 4.78 is 0. The molecule has 4 heteroatoms. The van der Waals surface area contributed by atoms with Gasteiger partial charge in [0.05, 0.1) is 0 Å². The molecule has 1 aromatic heterocycles. The zero-order valence-electron chi connectivity index (χ0n) is 10.7. The number of likely N-dealkylation sites (tertiary alicyclic amines) is 1. The lowest BCUT2D eigenvalue weighted by Crippen LogP contribution is -2.39. The van der Waals surface area contributed by atoms with Crippen LogP contribution in [0.1, 0.15) is 24.8 Å². The average molecular weight is 247 g/mol. The van der Waals surface area contributed by atoms with E-state index in [4.69, 9.17) is 5.73 Å². The minimum Gasteiger partial charge on any atom is -0.369 e. The molecule has 0 bridgehead atoms. The summed E-state index contributed by atoms with van der Waals surface area (Å²) in [4.78, 5) is 17.6. The molecule has 0 unspecified atom stereocenters. The van der Waals surface area contributed by atoms with Crippen molar-refractivity contribution >= 4 is 5.91 Å². The van der Waals surface area contributed by atoms with Gasteiger partial charge in [-0.05, 0) is 56.9 Å². The minimum atomic E-state index is -0.134. The molecule has 2 heterocycles. The molecule has 1 saturated heterocycles. The Labute approximate surface area is 108 Å². The van der Waals surface area contributed by atoms with Gasteiger partial charge in [-0.1, -0.05) is 6.07 Å². The molecule has 2 N–H and O–H groups in total. The first-order valence-electron chi connectivity index (χ1n) is 6.66. The molecule has 98 valence electrons. The summed E-state index contributed by atoms with van der Waals surface area (Å²) in [6, 6.07) is 4.10. The van der Waals surface area contributed by atoms with E-state index in [0.717, 1.165) is 45.3 Å². The molecule has 0 atom stereocenters. The minimum absolute atomic E-state index is 0.0968. The molecule has 0 radical (unpaired) electrons. The average Bonchev–Trinajstić information content (AvgIpc) is 2.40. The van der Waals surface area contributed by atoms with Crippen molar-refractivity contribution in [1.82, 2.24) is 9.88 Å². The van der Waals surface area contributed by atoms with Crippen LogP contribution in [0.15, 0.2) is 24.5 Å². The number of hydrogen-bond acceptors (Lipinski definition) is 3. The highest BCUT2D eigenvalue weighted by atomic mass is 16.1. The van der Waals surface area contributed by atoms with Crippen molar-refractivity contribution in [1.29, 1.82) is 0 Å². The molecule has 0 aliphatic carbocycles. The zero-order chi connectivity index (χ0) is 12.8. The number of carbonyl (C=O) groups is 1. The zero-order valence-corrected chi connectivity index (χ0v) is 10.7. The van der Waals surface area contributed by atoms with E-state index in [9.17, 15) is 4.79 Å². The first-order chi connectivity index (χ1) is 8.75. The van der Waals surface area contributed by atoms with Crippen molar-refractivity contribution in [3.8, 4) is 0 Å². The van der Waals surface area contributed by atoms with Crippen molar-refractivity contribution in [2.24, 2.45) is 11.7 Å². The molecule has 0 spiro atoms. The van der Waals surface area contributed by atoms with Gasteiger partial charge in [-0.25, -0.2) is 0 Å². The molecule has 1 aliphatic rings. The summed E-state index contributed by atoms with van der Waals surface area (Å²) >= 11 is 0. The van der Waals surface area contributed by atoms with Gasteiger partial charge in [-0.2, -0.15) is 0 Å². The van der Waals surface area contributed by atoms with Crippen LogP contribution in [0.25, 0.3) is 0 Å². The number of amides is 1. The van der Waals surface area contributed by atoms with Gasteiger partial charge in [0.2, 0.25) is 5.91 Å². The quantitative estimate of drug-likeness (QED) is 0.851. The molecule has 4 nitrogen and oxygen atoms in total. The first kappa shape index (κ1) is 13.0. The molecule has 1 aromatic rings. The second kappa shape index (κ2) is 6.50. The number of nitrogens with zero attached hydrogens (tertiary/aromatic N) is 2. The molecule has 0 saturated carbocycles. The predicted octanol–water partition coefficient (Wildman–Crippen LogP) is 1.21. The smallest absolute Gasteiger partial charge is 0.220 e. The van der Waals surface area contributed by atoms with Crippen molar-refractivity contribution in [3.05, 3.63) is 30.1 Å². The van der Waals surface area contributed by atoms with Gasteiger partial charge in [0.1, 0.15) is 0 Å². The van der Waals surface area contributed by atoms with E-state index in [-0.39, 0.29) is 11.8 Å². The van der Waals surface area contributed by atoms with Gasteiger partial charge in [-0.3, -0.25) is 9.78 Å². The monoisotopic (exact) mass is 247 g/mol. The molecular formula is C14H21N3O. The van der Waals surface area contributed by atoms with Crippen LogP contribution in [-0.4, -0.2) is 35.4 Å². The van der Waals surface area contributed by atoms with Crippen LogP contribution < -0.4 is 5.73 Å². The highest BCUT2D eigenvalue weighted by Crippen LogP contribution is 2.16. The number of aryl methyl sites for hydroxylation is 1. The Hall–Kier alpha value is -1.42. The Morgan fingerprint density at radius 1 is 1.44 bits per heavy atom. The van der Waals surface area contributed by atoms with Crippen LogP contribution in [0.5, 0.6) is 0 Å². The van der Waals surface area contributed by atoms with Crippen molar-refractivity contribution in [2.45, 2.75) is 25.7 Å². The van der Waals surface area contributed by atoms with Gasteiger partial charge in [0.15, 0.2) is 0 Å². The number of nitrogens with two attached hydrogens (primary N) is 1. The first-order valence-corrected chi connectivity index (χ1v) is 6.66. The second-order valence-corrected chi connectivity index (χ2v) is 4.98. The fourth-order valence-corrected chi connectivity index (χ4v) is 2.49. The van der Waals surface area contributed by atoms with Crippen molar-refractivity contribution in [2.75, 3.05) is 19.6 Å². The fourth-order valence-electron chi connectivity index (χ4n) is 2.49. The van der Waals surface area contributed by atoms with E-state index < -0.39 is 0 Å². The van der Waals surface area contributed by atoms with Crippen LogP contribution in [0.4, 0.5) is 0 Å². The van der Waals surface area contributed by atoms with E-state index in [1.165, 1.54) is 5.56 Å². The number of piperidine rings is 1. The van der Waals surface area contributed by atoms with E-state index in [0.29, 0.717) is 0 Å². The number of carbonyl (C=O) groups excluding carboxylic acids is 1. The van der Waals surface area contributed by atoms with Crippen LogP contribution in [0.2, 0.25) is 0 Å². The molecular weight excluding hydrogens is 226 g/mol. The van der Waals surface area contributed by atoms with Gasteiger partial charge in [-0.15, -0.1) is 0 Å². The number of pyridine rings is 1. The molecule has 0 aromatic carbocycles.